The van der Waals surface area contributed by atoms with Gasteiger partial charge >= 0.3 is 0 Å². The van der Waals surface area contributed by atoms with Crippen molar-refractivity contribution in [2.45, 2.75) is 32.9 Å². The molecule has 0 aliphatic carbocycles. The van der Waals surface area contributed by atoms with E-state index in [1.54, 1.807) is 0 Å². The third-order valence-electron chi connectivity index (χ3n) is 2.83. The summed E-state index contributed by atoms with van der Waals surface area (Å²) in [7, 11) is 0. The Kier molecular flexibility index (Phi) is 4.28. The van der Waals surface area contributed by atoms with Crippen LogP contribution >= 0.6 is 0 Å². The fourth-order valence-corrected chi connectivity index (χ4v) is 2.00. The van der Waals surface area contributed by atoms with Gasteiger partial charge < -0.3 is 10.1 Å². The van der Waals surface area contributed by atoms with Gasteiger partial charge in [-0.25, -0.2) is 0 Å². The quantitative estimate of drug-likeness (QED) is 0.847. The minimum Gasteiger partial charge on any atom is -0.380 e. The van der Waals surface area contributed by atoms with E-state index in [0.717, 1.165) is 18.1 Å². The molecule has 0 aliphatic rings. The first-order valence-electron chi connectivity index (χ1n) is 6.35. The van der Waals surface area contributed by atoms with Crippen molar-refractivity contribution in [3.63, 3.8) is 0 Å². The molecule has 5 heteroatoms. The summed E-state index contributed by atoms with van der Waals surface area (Å²) in [6.45, 7) is 7.65. The second-order valence-electron chi connectivity index (χ2n) is 4.44. The van der Waals surface area contributed by atoms with E-state index in [1.807, 2.05) is 35.7 Å². The summed E-state index contributed by atoms with van der Waals surface area (Å²) < 4.78 is 7.40. The van der Waals surface area contributed by atoms with E-state index in [4.69, 9.17) is 4.74 Å². The topological polar surface area (TPSA) is 51.5 Å². The highest BCUT2D eigenvalue weighted by molar-refractivity contribution is 5.37. The van der Waals surface area contributed by atoms with Gasteiger partial charge in [-0.05, 0) is 32.9 Å². The maximum atomic E-state index is 5.40. The fraction of sp³-hybridized carbons (Fsp3) is 0.538. The number of nitrogens with one attached hydrogen (secondary N) is 1. The average Bonchev–Trinajstić information content (AvgIpc) is 2.80. The standard InChI is InChI=1S/C13H20N4O/c1-4-18-9-10(2)14-11(3)13-16-15-12-7-5-6-8-17(12)13/h5-8,10-11,14H,4,9H2,1-3H3. The van der Waals surface area contributed by atoms with Gasteiger partial charge in [0.25, 0.3) is 0 Å². The van der Waals surface area contributed by atoms with Gasteiger partial charge in [-0.3, -0.25) is 4.40 Å². The van der Waals surface area contributed by atoms with Crippen LogP contribution in [-0.4, -0.2) is 33.9 Å². The number of fused-ring (bicyclic) bond motifs is 1. The molecular weight excluding hydrogens is 228 g/mol. The van der Waals surface area contributed by atoms with Gasteiger partial charge in [0, 0.05) is 18.8 Å². The second kappa shape index (κ2) is 5.93. The summed E-state index contributed by atoms with van der Waals surface area (Å²) in [4.78, 5) is 0. The molecule has 0 spiro atoms. The van der Waals surface area contributed by atoms with E-state index in [9.17, 15) is 0 Å². The van der Waals surface area contributed by atoms with Crippen LogP contribution in [0.1, 0.15) is 32.6 Å². The molecule has 2 rings (SSSR count). The molecule has 0 amide bonds. The van der Waals surface area contributed by atoms with Gasteiger partial charge in [0.05, 0.1) is 12.6 Å². The molecule has 0 aromatic carbocycles. The lowest BCUT2D eigenvalue weighted by Crippen LogP contribution is -2.33. The van der Waals surface area contributed by atoms with Crippen molar-refractivity contribution >= 4 is 5.65 Å². The van der Waals surface area contributed by atoms with E-state index in [2.05, 4.69) is 29.4 Å². The van der Waals surface area contributed by atoms with Crippen molar-refractivity contribution in [2.75, 3.05) is 13.2 Å². The van der Waals surface area contributed by atoms with E-state index in [1.165, 1.54) is 0 Å². The first kappa shape index (κ1) is 13.0. The highest BCUT2D eigenvalue weighted by Crippen LogP contribution is 2.12. The Labute approximate surface area is 107 Å². The average molecular weight is 248 g/mol. The lowest BCUT2D eigenvalue weighted by Gasteiger charge is -2.18. The number of rotatable bonds is 6. The number of nitrogens with zero attached hydrogens (tertiary/aromatic N) is 3. The van der Waals surface area contributed by atoms with E-state index >= 15 is 0 Å². The van der Waals surface area contributed by atoms with Crippen LogP contribution in [-0.2, 0) is 4.74 Å². The molecule has 0 radical (unpaired) electrons. The van der Waals surface area contributed by atoms with Crippen LogP contribution in [0.3, 0.4) is 0 Å². The predicted octanol–water partition coefficient (Wildman–Crippen LogP) is 1.80. The Morgan fingerprint density at radius 2 is 2.17 bits per heavy atom. The highest BCUT2D eigenvalue weighted by atomic mass is 16.5. The number of hydrogen-bond donors (Lipinski definition) is 1. The normalized spacial score (nSPS) is 14.8. The van der Waals surface area contributed by atoms with Gasteiger partial charge in [0.2, 0.25) is 0 Å². The minimum atomic E-state index is 0.137. The van der Waals surface area contributed by atoms with Gasteiger partial charge in [0.1, 0.15) is 0 Å². The van der Waals surface area contributed by atoms with E-state index in [-0.39, 0.29) is 12.1 Å². The molecule has 0 bridgehead atoms. The molecule has 2 aromatic rings. The Balaban J connectivity index is 2.06. The van der Waals surface area contributed by atoms with Crippen molar-refractivity contribution in [3.8, 4) is 0 Å². The molecule has 2 unspecified atom stereocenters. The third-order valence-corrected chi connectivity index (χ3v) is 2.83. The smallest absolute Gasteiger partial charge is 0.160 e. The maximum absolute atomic E-state index is 5.40. The SMILES string of the molecule is CCOCC(C)NC(C)c1nnc2ccccn12. The van der Waals surface area contributed by atoms with Crippen LogP contribution < -0.4 is 5.32 Å². The van der Waals surface area contributed by atoms with Crippen molar-refractivity contribution in [1.29, 1.82) is 0 Å². The summed E-state index contributed by atoms with van der Waals surface area (Å²) in [5.74, 6) is 0.925. The van der Waals surface area contributed by atoms with Gasteiger partial charge in [-0.1, -0.05) is 6.07 Å². The Bertz CT molecular complexity index is 496. The van der Waals surface area contributed by atoms with E-state index in [0.29, 0.717) is 6.61 Å². The van der Waals surface area contributed by atoms with Crippen LogP contribution in [0.25, 0.3) is 5.65 Å². The number of hydrogen-bond acceptors (Lipinski definition) is 4. The number of ether oxygens (including phenoxy) is 1. The predicted molar refractivity (Wildman–Crippen MR) is 70.5 cm³/mol. The molecule has 0 aliphatic heterocycles. The van der Waals surface area contributed by atoms with Gasteiger partial charge in [-0.15, -0.1) is 10.2 Å². The fourth-order valence-electron chi connectivity index (χ4n) is 2.00. The zero-order chi connectivity index (χ0) is 13.0. The monoisotopic (exact) mass is 248 g/mol. The first-order chi connectivity index (χ1) is 8.72. The second-order valence-corrected chi connectivity index (χ2v) is 4.44. The molecule has 18 heavy (non-hydrogen) atoms. The largest absolute Gasteiger partial charge is 0.380 e. The summed E-state index contributed by atoms with van der Waals surface area (Å²) in [5.41, 5.74) is 0.874. The molecule has 2 aromatic heterocycles. The molecule has 0 saturated heterocycles. The number of aromatic nitrogens is 3. The van der Waals surface area contributed by atoms with Crippen LogP contribution in [0.2, 0.25) is 0 Å². The molecule has 2 atom stereocenters. The van der Waals surface area contributed by atoms with Crippen molar-refractivity contribution in [1.82, 2.24) is 19.9 Å². The van der Waals surface area contributed by atoms with Crippen LogP contribution in [0.4, 0.5) is 0 Å². The number of pyridine rings is 1. The molecule has 98 valence electrons. The van der Waals surface area contributed by atoms with Gasteiger partial charge in [0.15, 0.2) is 11.5 Å². The van der Waals surface area contributed by atoms with Gasteiger partial charge in [-0.2, -0.15) is 0 Å². The maximum Gasteiger partial charge on any atom is 0.160 e. The summed E-state index contributed by atoms with van der Waals surface area (Å²) in [6, 6.07) is 6.32. The summed E-state index contributed by atoms with van der Waals surface area (Å²) in [6.07, 6.45) is 1.98. The Hall–Kier alpha value is -1.46. The van der Waals surface area contributed by atoms with Crippen molar-refractivity contribution < 1.29 is 4.74 Å². The van der Waals surface area contributed by atoms with Crippen molar-refractivity contribution in [2.24, 2.45) is 0 Å². The first-order valence-corrected chi connectivity index (χ1v) is 6.35. The lowest BCUT2D eigenvalue weighted by atomic mass is 10.2. The van der Waals surface area contributed by atoms with Crippen LogP contribution in [0.5, 0.6) is 0 Å². The molecular formula is C13H20N4O. The molecule has 0 fully saturated rings. The molecule has 0 saturated carbocycles. The third kappa shape index (κ3) is 2.86. The summed E-state index contributed by atoms with van der Waals surface area (Å²) >= 11 is 0. The molecule has 1 N–H and O–H groups in total. The van der Waals surface area contributed by atoms with Crippen molar-refractivity contribution in [3.05, 3.63) is 30.2 Å². The highest BCUT2D eigenvalue weighted by Gasteiger charge is 2.15. The van der Waals surface area contributed by atoms with Crippen LogP contribution in [0.15, 0.2) is 24.4 Å². The Morgan fingerprint density at radius 3 is 2.94 bits per heavy atom. The molecule has 5 nitrogen and oxygen atoms in total. The van der Waals surface area contributed by atoms with E-state index < -0.39 is 0 Å². The molecule has 2 heterocycles. The zero-order valence-corrected chi connectivity index (χ0v) is 11.1. The lowest BCUT2D eigenvalue weighted by molar-refractivity contribution is 0.124. The Morgan fingerprint density at radius 1 is 1.33 bits per heavy atom. The van der Waals surface area contributed by atoms with Crippen LogP contribution in [0, 0.1) is 0 Å². The summed E-state index contributed by atoms with van der Waals surface area (Å²) in [5, 5.41) is 11.8. The zero-order valence-electron chi connectivity index (χ0n) is 11.1. The minimum absolute atomic E-state index is 0.137.